The van der Waals surface area contributed by atoms with E-state index in [0.29, 0.717) is 25.3 Å². The number of fused-ring (bicyclic) bond motifs is 4. The minimum Gasteiger partial charge on any atom is -0.385 e. The normalized spacial score (nSPS) is 30.9. The summed E-state index contributed by atoms with van der Waals surface area (Å²) in [6.07, 6.45) is 3.33. The van der Waals surface area contributed by atoms with Gasteiger partial charge in [0.25, 0.3) is 0 Å². The molecule has 0 aliphatic carbocycles. The second-order valence-electron chi connectivity index (χ2n) is 7.52. The maximum atomic E-state index is 13.4. The Kier molecular flexibility index (Phi) is 5.20. The summed E-state index contributed by atoms with van der Waals surface area (Å²) < 4.78 is 5.07. The second-order valence-corrected chi connectivity index (χ2v) is 8.50. The van der Waals surface area contributed by atoms with Gasteiger partial charge in [0.1, 0.15) is 5.54 Å². The third kappa shape index (κ3) is 2.69. The number of para-hydroxylation sites is 1. The Morgan fingerprint density at radius 3 is 2.75 bits per heavy atom. The van der Waals surface area contributed by atoms with E-state index >= 15 is 0 Å². The van der Waals surface area contributed by atoms with E-state index in [-0.39, 0.29) is 23.8 Å². The van der Waals surface area contributed by atoms with Gasteiger partial charge in [-0.1, -0.05) is 18.2 Å². The zero-order valence-electron chi connectivity index (χ0n) is 16.1. The number of rotatable bonds is 7. The van der Waals surface area contributed by atoms with Crippen LogP contribution in [0, 0.1) is 11.8 Å². The Hall–Kier alpha value is -1.90. The van der Waals surface area contributed by atoms with Gasteiger partial charge in [-0.25, -0.2) is 0 Å². The van der Waals surface area contributed by atoms with Crippen LogP contribution in [0.4, 0.5) is 5.69 Å². The molecule has 4 rings (SSSR count). The third-order valence-corrected chi connectivity index (χ3v) is 6.72. The van der Waals surface area contributed by atoms with E-state index in [1.165, 1.54) is 4.90 Å². The molecular weight excluding hydrogens is 378 g/mol. The standard InChI is InChI=1S/C20H25N3O4S/c1-27-10-5-9-23-17(24)15-14(8-11-28-2)22-20(16(15)18(23)25)12-6-3-4-7-13(12)21-19(20)26/h3-4,6-7,14-16,22H,5,8-11H2,1-2H3,(H,21,26). The lowest BCUT2D eigenvalue weighted by Crippen LogP contribution is -2.53. The maximum absolute atomic E-state index is 13.4. The van der Waals surface area contributed by atoms with Gasteiger partial charge in [-0.05, 0) is 30.9 Å². The van der Waals surface area contributed by atoms with E-state index in [4.69, 9.17) is 4.74 Å². The number of carbonyl (C=O) groups is 3. The predicted molar refractivity (Wildman–Crippen MR) is 107 cm³/mol. The number of methoxy groups -OCH3 is 1. The fourth-order valence-electron chi connectivity index (χ4n) is 4.90. The van der Waals surface area contributed by atoms with Crippen LogP contribution in [0.25, 0.3) is 0 Å². The molecule has 0 aromatic heterocycles. The van der Waals surface area contributed by atoms with E-state index in [9.17, 15) is 14.4 Å². The Bertz CT molecular complexity index is 816. The highest BCUT2D eigenvalue weighted by Crippen LogP contribution is 2.53. The van der Waals surface area contributed by atoms with Crippen molar-refractivity contribution in [3.05, 3.63) is 29.8 Å². The van der Waals surface area contributed by atoms with Crippen molar-refractivity contribution in [2.45, 2.75) is 24.4 Å². The number of hydrogen-bond acceptors (Lipinski definition) is 6. The molecule has 4 unspecified atom stereocenters. The quantitative estimate of drug-likeness (QED) is 0.525. The molecular formula is C20H25N3O4S. The van der Waals surface area contributed by atoms with Crippen LogP contribution in [0.15, 0.2) is 24.3 Å². The number of anilines is 1. The van der Waals surface area contributed by atoms with E-state index < -0.39 is 17.4 Å². The van der Waals surface area contributed by atoms with E-state index in [1.807, 2.05) is 30.5 Å². The van der Waals surface area contributed by atoms with E-state index in [1.54, 1.807) is 18.9 Å². The molecule has 2 saturated heterocycles. The number of nitrogens with one attached hydrogen (secondary N) is 2. The smallest absolute Gasteiger partial charge is 0.250 e. The minimum atomic E-state index is -1.17. The summed E-state index contributed by atoms with van der Waals surface area (Å²) >= 11 is 1.69. The fourth-order valence-corrected chi connectivity index (χ4v) is 5.39. The predicted octanol–water partition coefficient (Wildman–Crippen LogP) is 1.20. The molecule has 1 spiro atoms. The molecule has 0 bridgehead atoms. The van der Waals surface area contributed by atoms with Gasteiger partial charge in [0.2, 0.25) is 17.7 Å². The zero-order valence-corrected chi connectivity index (χ0v) is 16.9. The third-order valence-electron chi connectivity index (χ3n) is 6.08. The molecule has 3 aliphatic heterocycles. The van der Waals surface area contributed by atoms with E-state index in [0.717, 1.165) is 17.7 Å². The van der Waals surface area contributed by atoms with Crippen LogP contribution in [0.3, 0.4) is 0 Å². The fraction of sp³-hybridized carbons (Fsp3) is 0.550. The SMILES string of the molecule is COCCCN1C(=O)C2C(CCSC)NC3(C(=O)Nc4ccccc43)C2C1=O. The van der Waals surface area contributed by atoms with Gasteiger partial charge in [-0.15, -0.1) is 0 Å². The van der Waals surface area contributed by atoms with Gasteiger partial charge < -0.3 is 10.1 Å². The summed E-state index contributed by atoms with van der Waals surface area (Å²) in [5, 5.41) is 6.35. The summed E-state index contributed by atoms with van der Waals surface area (Å²) in [5.41, 5.74) is 0.302. The molecule has 0 radical (unpaired) electrons. The van der Waals surface area contributed by atoms with Crippen LogP contribution in [0.2, 0.25) is 0 Å². The average Bonchev–Trinajstić information content (AvgIpc) is 3.27. The lowest BCUT2D eigenvalue weighted by Gasteiger charge is -2.29. The van der Waals surface area contributed by atoms with Gasteiger partial charge in [0.15, 0.2) is 0 Å². The number of amides is 3. The Labute approximate surface area is 168 Å². The van der Waals surface area contributed by atoms with Crippen molar-refractivity contribution >= 4 is 35.2 Å². The average molecular weight is 404 g/mol. The van der Waals surface area contributed by atoms with Crippen LogP contribution in [0.5, 0.6) is 0 Å². The van der Waals surface area contributed by atoms with Crippen LogP contribution in [-0.2, 0) is 24.7 Å². The number of hydrogen-bond donors (Lipinski definition) is 2. The number of likely N-dealkylation sites (tertiary alicyclic amines) is 1. The summed E-state index contributed by atoms with van der Waals surface area (Å²) in [5.74, 6) is -1.03. The number of thioether (sulfide) groups is 1. The highest BCUT2D eigenvalue weighted by molar-refractivity contribution is 7.98. The van der Waals surface area contributed by atoms with Crippen LogP contribution >= 0.6 is 11.8 Å². The summed E-state index contributed by atoms with van der Waals surface area (Å²) in [6, 6.07) is 7.22. The molecule has 2 N–H and O–H groups in total. The van der Waals surface area contributed by atoms with Crippen molar-refractivity contribution in [3.8, 4) is 0 Å². The molecule has 8 heteroatoms. The Morgan fingerprint density at radius 2 is 2.00 bits per heavy atom. The van der Waals surface area contributed by atoms with Crippen molar-refractivity contribution < 1.29 is 19.1 Å². The monoisotopic (exact) mass is 403 g/mol. The molecule has 7 nitrogen and oxygen atoms in total. The van der Waals surface area contributed by atoms with Crippen molar-refractivity contribution in [2.75, 3.05) is 37.6 Å². The highest BCUT2D eigenvalue weighted by atomic mass is 32.2. The number of ether oxygens (including phenoxy) is 1. The van der Waals surface area contributed by atoms with Crippen molar-refractivity contribution in [3.63, 3.8) is 0 Å². The Morgan fingerprint density at radius 1 is 1.21 bits per heavy atom. The molecule has 4 atom stereocenters. The van der Waals surface area contributed by atoms with Gasteiger partial charge in [-0.2, -0.15) is 11.8 Å². The van der Waals surface area contributed by atoms with Crippen molar-refractivity contribution in [1.29, 1.82) is 0 Å². The first-order chi connectivity index (χ1) is 13.6. The van der Waals surface area contributed by atoms with Crippen molar-refractivity contribution in [2.24, 2.45) is 11.8 Å². The number of carbonyl (C=O) groups excluding carboxylic acids is 3. The summed E-state index contributed by atoms with van der Waals surface area (Å²) in [4.78, 5) is 41.1. The van der Waals surface area contributed by atoms with Crippen LogP contribution < -0.4 is 10.6 Å². The first-order valence-electron chi connectivity index (χ1n) is 9.58. The number of imide groups is 1. The van der Waals surface area contributed by atoms with Gasteiger partial charge in [0, 0.05) is 37.6 Å². The topological polar surface area (TPSA) is 87.7 Å². The molecule has 3 heterocycles. The molecule has 3 aliphatic rings. The first kappa shape index (κ1) is 19.4. The summed E-state index contributed by atoms with van der Waals surface area (Å²) in [7, 11) is 1.60. The minimum absolute atomic E-state index is 0.168. The molecule has 1 aromatic rings. The summed E-state index contributed by atoms with van der Waals surface area (Å²) in [6.45, 7) is 0.808. The van der Waals surface area contributed by atoms with Gasteiger partial charge >= 0.3 is 0 Å². The second kappa shape index (κ2) is 7.50. The molecule has 3 amide bonds. The van der Waals surface area contributed by atoms with Crippen LogP contribution in [-0.4, -0.2) is 60.9 Å². The lowest BCUT2D eigenvalue weighted by atomic mass is 9.76. The van der Waals surface area contributed by atoms with Crippen LogP contribution in [0.1, 0.15) is 18.4 Å². The highest BCUT2D eigenvalue weighted by Gasteiger charge is 2.70. The molecule has 28 heavy (non-hydrogen) atoms. The molecule has 150 valence electrons. The van der Waals surface area contributed by atoms with E-state index in [2.05, 4.69) is 10.6 Å². The molecule has 2 fully saturated rings. The van der Waals surface area contributed by atoms with Gasteiger partial charge in [-0.3, -0.25) is 24.6 Å². The number of benzene rings is 1. The molecule has 1 aromatic carbocycles. The number of nitrogens with zero attached hydrogens (tertiary/aromatic N) is 1. The van der Waals surface area contributed by atoms with Gasteiger partial charge in [0.05, 0.1) is 11.8 Å². The first-order valence-corrected chi connectivity index (χ1v) is 11.0. The molecule has 0 saturated carbocycles. The maximum Gasteiger partial charge on any atom is 0.250 e. The largest absolute Gasteiger partial charge is 0.385 e. The zero-order chi connectivity index (χ0) is 19.9. The Balaban J connectivity index is 1.75. The van der Waals surface area contributed by atoms with Crippen molar-refractivity contribution in [1.82, 2.24) is 10.2 Å². The lowest BCUT2D eigenvalue weighted by molar-refractivity contribution is -0.143.